The molecule has 1 aromatic heterocycles. The molecule has 0 N–H and O–H groups in total. The molecule has 6 nitrogen and oxygen atoms in total. The number of carbonyl (C=O) groups is 1. The van der Waals surface area contributed by atoms with E-state index in [-0.39, 0.29) is 0 Å². The predicted octanol–water partition coefficient (Wildman–Crippen LogP) is 2.20. The largest absolute Gasteiger partial charge is 0.339 e. The van der Waals surface area contributed by atoms with Crippen molar-refractivity contribution in [2.24, 2.45) is 0 Å². The van der Waals surface area contributed by atoms with E-state index in [0.717, 1.165) is 57.3 Å². The summed E-state index contributed by atoms with van der Waals surface area (Å²) in [4.78, 5) is 28.0. The minimum atomic E-state index is 0.291. The van der Waals surface area contributed by atoms with Crippen molar-refractivity contribution in [2.45, 2.75) is 38.3 Å². The van der Waals surface area contributed by atoms with E-state index in [1.807, 2.05) is 12.4 Å². The summed E-state index contributed by atoms with van der Waals surface area (Å²) in [5.74, 6) is 0.291. The molecule has 1 amide bonds. The van der Waals surface area contributed by atoms with Crippen molar-refractivity contribution in [1.82, 2.24) is 24.7 Å². The lowest BCUT2D eigenvalue weighted by Crippen LogP contribution is -2.55. The predicted molar refractivity (Wildman–Crippen MR) is 112 cm³/mol. The second kappa shape index (κ2) is 8.20. The number of amides is 1. The van der Waals surface area contributed by atoms with Crippen molar-refractivity contribution in [3.8, 4) is 11.1 Å². The van der Waals surface area contributed by atoms with Gasteiger partial charge in [0.25, 0.3) is 0 Å². The summed E-state index contributed by atoms with van der Waals surface area (Å²) in [5, 5.41) is 0. The Bertz CT molecular complexity index is 859. The van der Waals surface area contributed by atoms with Crippen molar-refractivity contribution in [3.05, 3.63) is 48.0 Å². The van der Waals surface area contributed by atoms with Crippen LogP contribution in [0.3, 0.4) is 0 Å². The zero-order valence-electron chi connectivity index (χ0n) is 17.0. The maximum absolute atomic E-state index is 12.8. The fourth-order valence-electron chi connectivity index (χ4n) is 4.75. The number of rotatable bonds is 4. The molecular formula is C23H29N5O. The Balaban J connectivity index is 1.16. The number of carbonyl (C=O) groups excluding carboxylic acids is 1. The molecule has 29 heavy (non-hydrogen) atoms. The molecule has 3 heterocycles. The van der Waals surface area contributed by atoms with Crippen molar-refractivity contribution in [2.75, 3.05) is 39.3 Å². The van der Waals surface area contributed by atoms with Gasteiger partial charge in [0.1, 0.15) is 6.33 Å². The Morgan fingerprint density at radius 1 is 0.966 bits per heavy atom. The van der Waals surface area contributed by atoms with Gasteiger partial charge in [0.2, 0.25) is 5.91 Å². The highest BCUT2D eigenvalue weighted by molar-refractivity contribution is 5.78. The van der Waals surface area contributed by atoms with Crippen LogP contribution in [0.2, 0.25) is 0 Å². The van der Waals surface area contributed by atoms with E-state index < -0.39 is 0 Å². The second-order valence-corrected chi connectivity index (χ2v) is 8.57. The molecule has 1 saturated carbocycles. The molecule has 0 bridgehead atoms. The molecule has 1 aromatic carbocycles. The highest BCUT2D eigenvalue weighted by atomic mass is 16.2. The van der Waals surface area contributed by atoms with E-state index in [1.165, 1.54) is 36.0 Å². The Labute approximate surface area is 172 Å². The van der Waals surface area contributed by atoms with Gasteiger partial charge in [0, 0.05) is 63.3 Å². The van der Waals surface area contributed by atoms with E-state index in [0.29, 0.717) is 12.5 Å². The van der Waals surface area contributed by atoms with Crippen LogP contribution in [0.5, 0.6) is 0 Å². The van der Waals surface area contributed by atoms with Crippen LogP contribution in [0.15, 0.2) is 36.9 Å². The van der Waals surface area contributed by atoms with Crippen LogP contribution >= 0.6 is 0 Å². The Morgan fingerprint density at radius 2 is 1.76 bits per heavy atom. The van der Waals surface area contributed by atoms with Gasteiger partial charge in [-0.25, -0.2) is 9.97 Å². The number of hydrogen-bond acceptors (Lipinski definition) is 5. The summed E-state index contributed by atoms with van der Waals surface area (Å²) in [7, 11) is 0. The first-order valence-corrected chi connectivity index (χ1v) is 10.9. The lowest BCUT2D eigenvalue weighted by atomic mass is 9.91. The maximum Gasteiger partial charge on any atom is 0.236 e. The van der Waals surface area contributed by atoms with Crippen molar-refractivity contribution in [1.29, 1.82) is 0 Å². The zero-order valence-corrected chi connectivity index (χ0v) is 17.0. The number of aromatic nitrogens is 2. The zero-order chi connectivity index (χ0) is 19.6. The summed E-state index contributed by atoms with van der Waals surface area (Å²) in [6, 6.07) is 7.39. The third-order valence-corrected chi connectivity index (χ3v) is 6.81. The van der Waals surface area contributed by atoms with Crippen LogP contribution in [-0.2, 0) is 17.8 Å². The van der Waals surface area contributed by atoms with Crippen LogP contribution in [0.1, 0.15) is 30.4 Å². The Hall–Kier alpha value is -2.31. The first-order chi connectivity index (χ1) is 14.3. The van der Waals surface area contributed by atoms with Crippen molar-refractivity contribution in [3.63, 3.8) is 0 Å². The van der Waals surface area contributed by atoms with Gasteiger partial charge in [-0.3, -0.25) is 14.6 Å². The van der Waals surface area contributed by atoms with Gasteiger partial charge in [-0.1, -0.05) is 24.6 Å². The van der Waals surface area contributed by atoms with Gasteiger partial charge in [0.15, 0.2) is 0 Å². The highest BCUT2D eigenvalue weighted by Gasteiger charge is 2.30. The molecule has 2 aliphatic heterocycles. The second-order valence-electron chi connectivity index (χ2n) is 8.57. The van der Waals surface area contributed by atoms with E-state index in [9.17, 15) is 4.79 Å². The fourth-order valence-corrected chi connectivity index (χ4v) is 4.75. The molecule has 3 aliphatic rings. The average Bonchev–Trinajstić information content (AvgIpc) is 2.73. The normalized spacial score (nSPS) is 20.9. The molecule has 2 aromatic rings. The average molecular weight is 392 g/mol. The molecule has 0 atom stereocenters. The first-order valence-electron chi connectivity index (χ1n) is 10.9. The van der Waals surface area contributed by atoms with E-state index in [4.69, 9.17) is 0 Å². The van der Waals surface area contributed by atoms with Gasteiger partial charge in [-0.15, -0.1) is 0 Å². The standard InChI is InChI=1S/C23H29N5O/c29-23(28-10-8-27(9-11-28)22-2-1-3-22)16-26-7-6-19-12-18(4-5-20(19)15-26)21-13-24-17-25-14-21/h4-5,12-14,17,22H,1-3,6-11,15-16H2. The van der Waals surface area contributed by atoms with Gasteiger partial charge in [-0.05, 0) is 36.0 Å². The van der Waals surface area contributed by atoms with Crippen LogP contribution in [0.25, 0.3) is 11.1 Å². The van der Waals surface area contributed by atoms with Gasteiger partial charge in [0.05, 0.1) is 6.54 Å². The monoisotopic (exact) mass is 391 g/mol. The molecule has 152 valence electrons. The molecule has 0 unspecified atom stereocenters. The number of nitrogens with zero attached hydrogens (tertiary/aromatic N) is 5. The van der Waals surface area contributed by atoms with Crippen molar-refractivity contribution >= 4 is 5.91 Å². The minimum Gasteiger partial charge on any atom is -0.339 e. The van der Waals surface area contributed by atoms with Crippen LogP contribution in [0, 0.1) is 0 Å². The topological polar surface area (TPSA) is 52.6 Å². The van der Waals surface area contributed by atoms with E-state index in [2.05, 4.69) is 42.9 Å². The lowest BCUT2D eigenvalue weighted by molar-refractivity contribution is -0.135. The fraction of sp³-hybridized carbons (Fsp3) is 0.522. The first kappa shape index (κ1) is 18.7. The molecule has 2 fully saturated rings. The van der Waals surface area contributed by atoms with Crippen LogP contribution < -0.4 is 0 Å². The summed E-state index contributed by atoms with van der Waals surface area (Å²) in [5.41, 5.74) is 4.93. The summed E-state index contributed by atoms with van der Waals surface area (Å²) in [6.07, 6.45) is 10.3. The summed E-state index contributed by atoms with van der Waals surface area (Å²) in [6.45, 7) is 6.21. The van der Waals surface area contributed by atoms with Crippen LogP contribution in [0.4, 0.5) is 0 Å². The van der Waals surface area contributed by atoms with Crippen LogP contribution in [-0.4, -0.2) is 75.9 Å². The molecule has 5 rings (SSSR count). The number of hydrogen-bond donors (Lipinski definition) is 0. The molecule has 1 saturated heterocycles. The maximum atomic E-state index is 12.8. The number of fused-ring (bicyclic) bond motifs is 1. The summed E-state index contributed by atoms with van der Waals surface area (Å²) >= 11 is 0. The molecular weight excluding hydrogens is 362 g/mol. The Morgan fingerprint density at radius 3 is 2.48 bits per heavy atom. The van der Waals surface area contributed by atoms with Gasteiger partial charge in [-0.2, -0.15) is 0 Å². The third kappa shape index (κ3) is 4.05. The molecule has 6 heteroatoms. The van der Waals surface area contributed by atoms with E-state index in [1.54, 1.807) is 6.33 Å². The molecule has 0 radical (unpaired) electrons. The minimum absolute atomic E-state index is 0.291. The SMILES string of the molecule is O=C(CN1CCc2cc(-c3cncnc3)ccc2C1)N1CCN(C2CCC2)CC1. The number of benzene rings is 1. The van der Waals surface area contributed by atoms with Crippen molar-refractivity contribution < 1.29 is 4.79 Å². The summed E-state index contributed by atoms with van der Waals surface area (Å²) < 4.78 is 0. The van der Waals surface area contributed by atoms with E-state index >= 15 is 0 Å². The number of piperazine rings is 1. The quantitative estimate of drug-likeness (QED) is 0.800. The highest BCUT2D eigenvalue weighted by Crippen LogP contribution is 2.27. The Kier molecular flexibility index (Phi) is 5.29. The smallest absolute Gasteiger partial charge is 0.236 e. The molecule has 0 spiro atoms. The third-order valence-electron chi connectivity index (χ3n) is 6.81. The molecule has 1 aliphatic carbocycles. The van der Waals surface area contributed by atoms with Gasteiger partial charge < -0.3 is 4.90 Å². The van der Waals surface area contributed by atoms with Gasteiger partial charge >= 0.3 is 0 Å². The lowest BCUT2D eigenvalue weighted by Gasteiger charge is -2.43.